The van der Waals surface area contributed by atoms with Crippen LogP contribution in [0, 0.1) is 11.7 Å². The Balaban J connectivity index is 2.34. The van der Waals surface area contributed by atoms with E-state index in [-0.39, 0.29) is 11.6 Å². The standard InChI is InChI=1S/C15H20FNO/c1-3-9-17(10-12-7-8-12)15-13(11(2)18)5-4-6-14(15)16/h4-6,12H,3,7-10H2,1-2H3. The molecule has 0 aromatic heterocycles. The van der Waals surface area contributed by atoms with Crippen molar-refractivity contribution >= 4 is 11.5 Å². The van der Waals surface area contributed by atoms with Gasteiger partial charge in [0, 0.05) is 18.7 Å². The third-order valence-electron chi connectivity index (χ3n) is 3.35. The molecule has 0 bridgehead atoms. The molecule has 0 atom stereocenters. The summed E-state index contributed by atoms with van der Waals surface area (Å²) in [6.45, 7) is 5.25. The maximum Gasteiger partial charge on any atom is 0.161 e. The highest BCUT2D eigenvalue weighted by Gasteiger charge is 2.27. The SMILES string of the molecule is CCCN(CC1CC1)c1c(F)cccc1C(C)=O. The maximum atomic E-state index is 14.1. The summed E-state index contributed by atoms with van der Waals surface area (Å²) < 4.78 is 14.1. The number of Topliss-reactive ketones (excluding diaryl/α,β-unsaturated/α-hetero) is 1. The number of para-hydroxylation sites is 1. The van der Waals surface area contributed by atoms with Gasteiger partial charge in [-0.15, -0.1) is 0 Å². The number of carbonyl (C=O) groups is 1. The molecule has 1 aromatic rings. The van der Waals surface area contributed by atoms with E-state index < -0.39 is 0 Å². The molecule has 18 heavy (non-hydrogen) atoms. The van der Waals surface area contributed by atoms with E-state index in [1.165, 1.54) is 25.8 Å². The third-order valence-corrected chi connectivity index (χ3v) is 3.35. The lowest BCUT2D eigenvalue weighted by Gasteiger charge is -2.26. The smallest absolute Gasteiger partial charge is 0.161 e. The fraction of sp³-hybridized carbons (Fsp3) is 0.533. The third kappa shape index (κ3) is 2.89. The number of nitrogens with zero attached hydrogens (tertiary/aromatic N) is 1. The number of halogens is 1. The Morgan fingerprint density at radius 1 is 1.44 bits per heavy atom. The molecule has 0 spiro atoms. The van der Waals surface area contributed by atoms with Gasteiger partial charge < -0.3 is 4.90 Å². The maximum absolute atomic E-state index is 14.1. The summed E-state index contributed by atoms with van der Waals surface area (Å²) in [7, 11) is 0. The van der Waals surface area contributed by atoms with E-state index in [2.05, 4.69) is 6.92 Å². The Labute approximate surface area is 108 Å². The second-order valence-electron chi connectivity index (χ2n) is 5.08. The summed E-state index contributed by atoms with van der Waals surface area (Å²) in [6.07, 6.45) is 3.41. The highest BCUT2D eigenvalue weighted by atomic mass is 19.1. The molecule has 98 valence electrons. The first-order valence-electron chi connectivity index (χ1n) is 6.68. The zero-order valence-electron chi connectivity index (χ0n) is 11.1. The molecular weight excluding hydrogens is 229 g/mol. The van der Waals surface area contributed by atoms with Crippen LogP contribution in [0.2, 0.25) is 0 Å². The largest absolute Gasteiger partial charge is 0.368 e. The molecule has 0 heterocycles. The Morgan fingerprint density at radius 2 is 2.17 bits per heavy atom. The molecule has 1 aliphatic carbocycles. The van der Waals surface area contributed by atoms with E-state index in [0.717, 1.165) is 19.5 Å². The molecule has 3 heteroatoms. The number of hydrogen-bond acceptors (Lipinski definition) is 2. The van der Waals surface area contributed by atoms with Crippen molar-refractivity contribution in [2.45, 2.75) is 33.1 Å². The van der Waals surface area contributed by atoms with Crippen molar-refractivity contribution in [2.24, 2.45) is 5.92 Å². The number of anilines is 1. The van der Waals surface area contributed by atoms with Crippen molar-refractivity contribution in [2.75, 3.05) is 18.0 Å². The first-order chi connectivity index (χ1) is 8.63. The van der Waals surface area contributed by atoms with Crippen LogP contribution in [0.1, 0.15) is 43.5 Å². The number of ketones is 1. The van der Waals surface area contributed by atoms with Gasteiger partial charge in [0.05, 0.1) is 5.69 Å². The monoisotopic (exact) mass is 249 g/mol. The fourth-order valence-electron chi connectivity index (χ4n) is 2.30. The van der Waals surface area contributed by atoms with Crippen molar-refractivity contribution in [3.8, 4) is 0 Å². The van der Waals surface area contributed by atoms with Crippen molar-refractivity contribution in [3.05, 3.63) is 29.6 Å². The summed E-state index contributed by atoms with van der Waals surface area (Å²) in [6, 6.07) is 4.77. The minimum Gasteiger partial charge on any atom is -0.368 e. The van der Waals surface area contributed by atoms with Gasteiger partial charge in [-0.25, -0.2) is 4.39 Å². The summed E-state index contributed by atoms with van der Waals surface area (Å²) in [5.41, 5.74) is 1.00. The topological polar surface area (TPSA) is 20.3 Å². The van der Waals surface area contributed by atoms with Crippen LogP contribution in [0.5, 0.6) is 0 Å². The number of hydrogen-bond donors (Lipinski definition) is 0. The van der Waals surface area contributed by atoms with E-state index in [4.69, 9.17) is 0 Å². The van der Waals surface area contributed by atoms with Gasteiger partial charge in [0.15, 0.2) is 5.78 Å². The van der Waals surface area contributed by atoms with Crippen molar-refractivity contribution in [3.63, 3.8) is 0 Å². The normalized spacial score (nSPS) is 14.6. The van der Waals surface area contributed by atoms with Gasteiger partial charge in [-0.1, -0.05) is 13.0 Å². The fourth-order valence-corrected chi connectivity index (χ4v) is 2.30. The first kappa shape index (κ1) is 13.1. The summed E-state index contributed by atoms with van der Waals surface area (Å²) >= 11 is 0. The Morgan fingerprint density at radius 3 is 2.72 bits per heavy atom. The van der Waals surface area contributed by atoms with Gasteiger partial charge >= 0.3 is 0 Å². The van der Waals surface area contributed by atoms with Crippen molar-refractivity contribution in [1.82, 2.24) is 0 Å². The van der Waals surface area contributed by atoms with Crippen molar-refractivity contribution in [1.29, 1.82) is 0 Å². The zero-order valence-corrected chi connectivity index (χ0v) is 11.1. The van der Waals surface area contributed by atoms with E-state index >= 15 is 0 Å². The zero-order chi connectivity index (χ0) is 13.1. The van der Waals surface area contributed by atoms with Crippen LogP contribution in [-0.4, -0.2) is 18.9 Å². The molecular formula is C15H20FNO. The van der Waals surface area contributed by atoms with Gasteiger partial charge in [-0.3, -0.25) is 4.79 Å². The lowest BCUT2D eigenvalue weighted by atomic mass is 10.1. The quantitative estimate of drug-likeness (QED) is 0.717. The van der Waals surface area contributed by atoms with E-state index in [1.807, 2.05) is 4.90 Å². The van der Waals surface area contributed by atoms with E-state index in [9.17, 15) is 9.18 Å². The van der Waals surface area contributed by atoms with E-state index in [1.54, 1.807) is 12.1 Å². The molecule has 1 aromatic carbocycles. The molecule has 0 saturated heterocycles. The lowest BCUT2D eigenvalue weighted by molar-refractivity contribution is 0.101. The van der Waals surface area contributed by atoms with Crippen LogP contribution in [0.15, 0.2) is 18.2 Å². The molecule has 2 rings (SSSR count). The highest BCUT2D eigenvalue weighted by Crippen LogP contribution is 2.33. The number of benzene rings is 1. The molecule has 1 aliphatic rings. The van der Waals surface area contributed by atoms with E-state index in [0.29, 0.717) is 17.2 Å². The average Bonchev–Trinajstić information content (AvgIpc) is 3.12. The second kappa shape index (κ2) is 5.51. The molecule has 2 nitrogen and oxygen atoms in total. The molecule has 0 aliphatic heterocycles. The molecule has 0 N–H and O–H groups in total. The summed E-state index contributed by atoms with van der Waals surface area (Å²) in [5, 5.41) is 0. The Bertz CT molecular complexity index is 440. The van der Waals surface area contributed by atoms with Gasteiger partial charge in [0.2, 0.25) is 0 Å². The lowest BCUT2D eigenvalue weighted by Crippen LogP contribution is -2.29. The van der Waals surface area contributed by atoms with Crippen LogP contribution in [-0.2, 0) is 0 Å². The molecule has 0 radical (unpaired) electrons. The predicted molar refractivity (Wildman–Crippen MR) is 71.6 cm³/mol. The molecule has 0 unspecified atom stereocenters. The van der Waals surface area contributed by atoms with Crippen LogP contribution >= 0.6 is 0 Å². The van der Waals surface area contributed by atoms with Gasteiger partial charge in [0.25, 0.3) is 0 Å². The highest BCUT2D eigenvalue weighted by molar-refractivity contribution is 5.99. The van der Waals surface area contributed by atoms with Crippen LogP contribution in [0.4, 0.5) is 10.1 Å². The first-order valence-corrected chi connectivity index (χ1v) is 6.68. The molecule has 0 amide bonds. The molecule has 1 saturated carbocycles. The van der Waals surface area contributed by atoms with Gasteiger partial charge in [-0.05, 0) is 44.2 Å². The average molecular weight is 249 g/mol. The Hall–Kier alpha value is -1.38. The van der Waals surface area contributed by atoms with Crippen LogP contribution in [0.3, 0.4) is 0 Å². The predicted octanol–water partition coefficient (Wildman–Crippen LogP) is 3.65. The second-order valence-corrected chi connectivity index (χ2v) is 5.08. The van der Waals surface area contributed by atoms with Crippen LogP contribution < -0.4 is 4.90 Å². The van der Waals surface area contributed by atoms with Gasteiger partial charge in [-0.2, -0.15) is 0 Å². The Kier molecular flexibility index (Phi) is 4.00. The number of rotatable bonds is 6. The number of carbonyl (C=O) groups excluding carboxylic acids is 1. The van der Waals surface area contributed by atoms with Crippen molar-refractivity contribution < 1.29 is 9.18 Å². The minimum absolute atomic E-state index is 0.0681. The van der Waals surface area contributed by atoms with Crippen LogP contribution in [0.25, 0.3) is 0 Å². The van der Waals surface area contributed by atoms with Gasteiger partial charge in [0.1, 0.15) is 5.82 Å². The molecule has 1 fully saturated rings. The summed E-state index contributed by atoms with van der Waals surface area (Å²) in [4.78, 5) is 13.7. The summed E-state index contributed by atoms with van der Waals surface area (Å²) in [5.74, 6) is 0.328. The minimum atomic E-state index is -0.281.